The molecule has 0 saturated heterocycles. The Labute approximate surface area is 78.1 Å². The summed E-state index contributed by atoms with van der Waals surface area (Å²) < 4.78 is 0. The first-order valence-electron chi connectivity index (χ1n) is 5.09. The summed E-state index contributed by atoms with van der Waals surface area (Å²) in [7, 11) is 2.22. The molecule has 2 atom stereocenters. The highest BCUT2D eigenvalue weighted by atomic mass is 15.1. The van der Waals surface area contributed by atoms with E-state index in [2.05, 4.69) is 53.5 Å². The molecule has 0 aliphatic heterocycles. The van der Waals surface area contributed by atoms with Crippen molar-refractivity contribution in [3.63, 3.8) is 0 Å². The molecular weight excluding hydrogens is 146 g/mol. The second-order valence-electron chi connectivity index (χ2n) is 4.60. The van der Waals surface area contributed by atoms with Crippen LogP contribution in [-0.2, 0) is 0 Å². The summed E-state index contributed by atoms with van der Waals surface area (Å²) in [6.45, 7) is 13.8. The zero-order valence-corrected chi connectivity index (χ0v) is 9.76. The fraction of sp³-hybridized carbons (Fsp3) is 1.00. The molecule has 0 heterocycles. The average molecular weight is 171 g/mol. The summed E-state index contributed by atoms with van der Waals surface area (Å²) >= 11 is 0. The molecule has 0 saturated carbocycles. The zero-order chi connectivity index (χ0) is 9.89. The van der Waals surface area contributed by atoms with Crippen molar-refractivity contribution in [3.05, 3.63) is 0 Å². The Bertz CT molecular complexity index is 104. The second kappa shape index (κ2) is 4.86. The molecule has 0 fully saturated rings. The van der Waals surface area contributed by atoms with Crippen molar-refractivity contribution in [1.29, 1.82) is 0 Å². The van der Waals surface area contributed by atoms with E-state index >= 15 is 0 Å². The van der Waals surface area contributed by atoms with Crippen LogP contribution in [0.3, 0.4) is 0 Å². The Morgan fingerprint density at radius 1 is 0.833 bits per heavy atom. The maximum absolute atomic E-state index is 2.45. The van der Waals surface area contributed by atoms with Gasteiger partial charge in [0, 0.05) is 12.1 Å². The van der Waals surface area contributed by atoms with Gasteiger partial charge in [0.15, 0.2) is 0 Å². The molecule has 0 bridgehead atoms. The van der Waals surface area contributed by atoms with Gasteiger partial charge in [0.05, 0.1) is 0 Å². The predicted molar refractivity (Wildman–Crippen MR) is 56.4 cm³/mol. The van der Waals surface area contributed by atoms with Crippen molar-refractivity contribution in [2.24, 2.45) is 11.8 Å². The van der Waals surface area contributed by atoms with Gasteiger partial charge >= 0.3 is 0 Å². The Balaban J connectivity index is 4.08. The smallest absolute Gasteiger partial charge is 0.00946 e. The van der Waals surface area contributed by atoms with E-state index in [1.165, 1.54) is 0 Å². The number of hydrogen-bond acceptors (Lipinski definition) is 1. The van der Waals surface area contributed by atoms with Crippen LogP contribution in [0.4, 0.5) is 0 Å². The molecule has 0 radical (unpaired) electrons. The minimum atomic E-state index is 0.654. The molecule has 0 aliphatic rings. The molecule has 0 aromatic rings. The lowest BCUT2D eigenvalue weighted by Gasteiger charge is -2.34. The van der Waals surface area contributed by atoms with Crippen LogP contribution < -0.4 is 0 Å². The van der Waals surface area contributed by atoms with Crippen molar-refractivity contribution in [3.8, 4) is 0 Å². The fourth-order valence-corrected chi connectivity index (χ4v) is 1.40. The Kier molecular flexibility index (Phi) is 4.84. The maximum Gasteiger partial charge on any atom is 0.00946 e. The van der Waals surface area contributed by atoms with Gasteiger partial charge < -0.3 is 4.90 Å². The number of nitrogens with zero attached hydrogens (tertiary/aromatic N) is 1. The van der Waals surface area contributed by atoms with Gasteiger partial charge in [-0.1, -0.05) is 20.8 Å². The predicted octanol–water partition coefficient (Wildman–Crippen LogP) is 3.01. The van der Waals surface area contributed by atoms with E-state index in [0.717, 1.165) is 11.8 Å². The van der Waals surface area contributed by atoms with Crippen LogP contribution in [0.2, 0.25) is 0 Å². The van der Waals surface area contributed by atoms with E-state index in [-0.39, 0.29) is 0 Å². The van der Waals surface area contributed by atoms with Crippen LogP contribution in [0.25, 0.3) is 0 Å². The largest absolute Gasteiger partial charge is 0.301 e. The first-order chi connectivity index (χ1) is 5.37. The molecule has 0 amide bonds. The summed E-state index contributed by atoms with van der Waals surface area (Å²) in [4.78, 5) is 2.45. The van der Waals surface area contributed by atoms with Crippen molar-refractivity contribution in [1.82, 2.24) is 4.90 Å². The summed E-state index contributed by atoms with van der Waals surface area (Å²) in [6.07, 6.45) is 0. The van der Waals surface area contributed by atoms with E-state index in [9.17, 15) is 0 Å². The zero-order valence-electron chi connectivity index (χ0n) is 9.76. The third kappa shape index (κ3) is 3.14. The third-order valence-corrected chi connectivity index (χ3v) is 3.27. The summed E-state index contributed by atoms with van der Waals surface area (Å²) in [5.74, 6) is 1.55. The summed E-state index contributed by atoms with van der Waals surface area (Å²) in [5, 5.41) is 0. The van der Waals surface area contributed by atoms with Crippen molar-refractivity contribution in [2.75, 3.05) is 7.05 Å². The monoisotopic (exact) mass is 171 g/mol. The van der Waals surface area contributed by atoms with E-state index in [4.69, 9.17) is 0 Å². The molecule has 1 unspecified atom stereocenters. The molecule has 0 aromatic carbocycles. The number of rotatable bonds is 4. The first-order valence-corrected chi connectivity index (χ1v) is 5.09. The second-order valence-corrected chi connectivity index (χ2v) is 4.60. The molecule has 12 heavy (non-hydrogen) atoms. The fourth-order valence-electron chi connectivity index (χ4n) is 1.40. The summed E-state index contributed by atoms with van der Waals surface area (Å²) in [6, 6.07) is 1.34. The topological polar surface area (TPSA) is 3.24 Å². The van der Waals surface area contributed by atoms with E-state index in [0.29, 0.717) is 12.1 Å². The molecule has 0 rings (SSSR count). The van der Waals surface area contributed by atoms with Crippen LogP contribution in [0, 0.1) is 11.8 Å². The third-order valence-electron chi connectivity index (χ3n) is 3.27. The minimum absolute atomic E-state index is 0.654. The van der Waals surface area contributed by atoms with Gasteiger partial charge in [-0.3, -0.25) is 0 Å². The first kappa shape index (κ1) is 12.0. The Morgan fingerprint density at radius 2 is 1.25 bits per heavy atom. The van der Waals surface area contributed by atoms with Gasteiger partial charge in [-0.2, -0.15) is 0 Å². The Hall–Kier alpha value is -0.0400. The molecule has 0 aliphatic carbocycles. The van der Waals surface area contributed by atoms with Crippen LogP contribution in [0.1, 0.15) is 41.5 Å². The molecule has 0 N–H and O–H groups in total. The van der Waals surface area contributed by atoms with E-state index in [1.807, 2.05) is 0 Å². The minimum Gasteiger partial charge on any atom is -0.301 e. The molecule has 1 nitrogen and oxygen atoms in total. The van der Waals surface area contributed by atoms with Gasteiger partial charge in [0.25, 0.3) is 0 Å². The van der Waals surface area contributed by atoms with Crippen molar-refractivity contribution >= 4 is 0 Å². The van der Waals surface area contributed by atoms with Crippen LogP contribution in [0.15, 0.2) is 0 Å². The molecule has 1 heteroatoms. The highest BCUT2D eigenvalue weighted by Gasteiger charge is 2.20. The van der Waals surface area contributed by atoms with Gasteiger partial charge in [-0.05, 0) is 39.7 Å². The molecule has 0 spiro atoms. The lowest BCUT2D eigenvalue weighted by Crippen LogP contribution is -2.40. The van der Waals surface area contributed by atoms with Gasteiger partial charge in [0.2, 0.25) is 0 Å². The van der Waals surface area contributed by atoms with Crippen LogP contribution in [-0.4, -0.2) is 24.0 Å². The highest BCUT2D eigenvalue weighted by Crippen LogP contribution is 2.19. The van der Waals surface area contributed by atoms with Gasteiger partial charge in [0.1, 0.15) is 0 Å². The van der Waals surface area contributed by atoms with Crippen LogP contribution >= 0.6 is 0 Å². The van der Waals surface area contributed by atoms with Crippen molar-refractivity contribution in [2.45, 2.75) is 53.6 Å². The Morgan fingerprint density at radius 3 is 1.50 bits per heavy atom. The molecule has 74 valence electrons. The van der Waals surface area contributed by atoms with Gasteiger partial charge in [-0.25, -0.2) is 0 Å². The normalized spacial score (nSPS) is 17.5. The van der Waals surface area contributed by atoms with E-state index in [1.54, 1.807) is 0 Å². The standard InChI is InChI=1S/C11H25N/c1-8(2)10(5)11(6)12(7)9(3)4/h8-11H,1-7H3/t10-,11?/m0/s1. The lowest BCUT2D eigenvalue weighted by atomic mass is 9.90. The number of hydrogen-bond donors (Lipinski definition) is 0. The van der Waals surface area contributed by atoms with Gasteiger partial charge in [-0.15, -0.1) is 0 Å². The molecular formula is C11H25N. The van der Waals surface area contributed by atoms with Crippen molar-refractivity contribution < 1.29 is 0 Å². The maximum atomic E-state index is 2.45. The quantitative estimate of drug-likeness (QED) is 0.628. The summed E-state index contributed by atoms with van der Waals surface area (Å²) in [5.41, 5.74) is 0. The average Bonchev–Trinajstić information content (AvgIpc) is 2.00. The lowest BCUT2D eigenvalue weighted by molar-refractivity contribution is 0.136. The SMILES string of the molecule is CC(C)[C@H](C)C(C)N(C)C(C)C. The van der Waals surface area contributed by atoms with Crippen LogP contribution in [0.5, 0.6) is 0 Å². The molecule has 0 aromatic heterocycles. The highest BCUT2D eigenvalue weighted by molar-refractivity contribution is 4.74. The van der Waals surface area contributed by atoms with E-state index < -0.39 is 0 Å².